The summed E-state index contributed by atoms with van der Waals surface area (Å²) in [5.74, 6) is 0.869. The Kier molecular flexibility index (Phi) is 4.97. The highest BCUT2D eigenvalue weighted by Crippen LogP contribution is 2.49. The van der Waals surface area contributed by atoms with Crippen LogP contribution in [0.25, 0.3) is 10.6 Å². The molecule has 0 atom stereocenters. The molecule has 2 fully saturated rings. The average Bonchev–Trinajstić information content (AvgIpc) is 3.15. The molecule has 29 heavy (non-hydrogen) atoms. The van der Waals surface area contributed by atoms with Crippen LogP contribution in [-0.2, 0) is 16.8 Å². The van der Waals surface area contributed by atoms with Gasteiger partial charge in [-0.2, -0.15) is 0 Å². The summed E-state index contributed by atoms with van der Waals surface area (Å²) in [5.41, 5.74) is 1.64. The summed E-state index contributed by atoms with van der Waals surface area (Å²) in [6.07, 6.45) is 3.69. The highest BCUT2D eigenvalue weighted by Gasteiger charge is 2.54. The van der Waals surface area contributed by atoms with Crippen molar-refractivity contribution < 1.29 is 9.32 Å². The maximum Gasteiger partial charge on any atom is 0.232 e. The lowest BCUT2D eigenvalue weighted by molar-refractivity contribution is -0.124. The third-order valence-corrected chi connectivity index (χ3v) is 7.01. The zero-order valence-electron chi connectivity index (χ0n) is 16.3. The fraction of sp³-hybridized carbons (Fsp3) is 0.391. The van der Waals surface area contributed by atoms with Gasteiger partial charge in [0.1, 0.15) is 0 Å². The van der Waals surface area contributed by atoms with E-state index in [0.29, 0.717) is 0 Å². The molecule has 2 aliphatic rings. The molecule has 0 bridgehead atoms. The molecule has 5 rings (SSSR count). The van der Waals surface area contributed by atoms with Crippen molar-refractivity contribution in [2.75, 3.05) is 13.1 Å². The van der Waals surface area contributed by atoms with Gasteiger partial charge in [-0.25, -0.2) is 0 Å². The van der Waals surface area contributed by atoms with Gasteiger partial charge < -0.3 is 9.84 Å². The number of benzene rings is 1. The van der Waals surface area contributed by atoms with Gasteiger partial charge in [-0.05, 0) is 42.7 Å². The number of likely N-dealkylation sites (tertiary alicyclic amines) is 1. The molecule has 6 heteroatoms. The fourth-order valence-corrected chi connectivity index (χ4v) is 4.83. The first-order valence-corrected chi connectivity index (χ1v) is 11.2. The van der Waals surface area contributed by atoms with Crippen molar-refractivity contribution in [2.24, 2.45) is 0 Å². The fourth-order valence-electron chi connectivity index (χ4n) is 4.16. The Morgan fingerprint density at radius 1 is 1.17 bits per heavy atom. The minimum absolute atomic E-state index is 0.116. The maximum atomic E-state index is 13.1. The summed E-state index contributed by atoms with van der Waals surface area (Å²) < 4.78 is 5.52. The van der Waals surface area contributed by atoms with E-state index < -0.39 is 5.41 Å². The molecule has 5 nitrogen and oxygen atoms in total. The number of hydrogen-bond donors (Lipinski definition) is 1. The van der Waals surface area contributed by atoms with Crippen molar-refractivity contribution in [3.8, 4) is 10.6 Å². The molecular formula is C23H25N3O2S. The van der Waals surface area contributed by atoms with Crippen molar-refractivity contribution in [1.29, 1.82) is 0 Å². The van der Waals surface area contributed by atoms with Crippen molar-refractivity contribution in [1.82, 2.24) is 15.4 Å². The molecule has 0 radical (unpaired) electrons. The predicted molar refractivity (Wildman–Crippen MR) is 114 cm³/mol. The topological polar surface area (TPSA) is 58.4 Å². The van der Waals surface area contributed by atoms with Crippen LogP contribution in [0.3, 0.4) is 0 Å². The molecule has 1 aliphatic heterocycles. The van der Waals surface area contributed by atoms with Crippen molar-refractivity contribution >= 4 is 17.2 Å². The second-order valence-electron chi connectivity index (χ2n) is 8.15. The predicted octanol–water partition coefficient (Wildman–Crippen LogP) is 4.22. The van der Waals surface area contributed by atoms with Gasteiger partial charge in [-0.15, -0.1) is 11.3 Å². The number of aromatic nitrogens is 1. The van der Waals surface area contributed by atoms with Crippen LogP contribution in [0.15, 0.2) is 58.4 Å². The molecule has 1 saturated heterocycles. The van der Waals surface area contributed by atoms with Crippen LogP contribution >= 0.6 is 11.3 Å². The Labute approximate surface area is 174 Å². The van der Waals surface area contributed by atoms with E-state index in [0.717, 1.165) is 61.6 Å². The lowest BCUT2D eigenvalue weighted by Gasteiger charge is -2.33. The summed E-state index contributed by atoms with van der Waals surface area (Å²) in [6.45, 7) is 3.01. The molecule has 0 unspecified atom stereocenters. The summed E-state index contributed by atoms with van der Waals surface area (Å²) in [6, 6.07) is 16.8. The first kappa shape index (κ1) is 18.6. The normalized spacial score (nSPS) is 19.2. The standard InChI is InChI=1S/C23H25N3O2S/c27-22(23(10-11-23)21-15-19(28-25-21)20-7-4-14-29-20)24-18-8-12-26(13-9-18)16-17-5-2-1-3-6-17/h1-7,14-15,18H,8-13,16H2,(H,24,27). The summed E-state index contributed by atoms with van der Waals surface area (Å²) in [7, 11) is 0. The Bertz CT molecular complexity index is 955. The second-order valence-corrected chi connectivity index (χ2v) is 9.09. The number of rotatable bonds is 6. The molecule has 1 N–H and O–H groups in total. The number of piperidine rings is 1. The van der Waals surface area contributed by atoms with Crippen LogP contribution in [0.4, 0.5) is 0 Å². The largest absolute Gasteiger partial charge is 0.355 e. The highest BCUT2D eigenvalue weighted by atomic mass is 32.1. The van der Waals surface area contributed by atoms with E-state index in [1.807, 2.05) is 23.6 Å². The van der Waals surface area contributed by atoms with Crippen LogP contribution in [0, 0.1) is 0 Å². The van der Waals surface area contributed by atoms with E-state index in [1.54, 1.807) is 11.3 Å². The summed E-state index contributed by atoms with van der Waals surface area (Å²) >= 11 is 1.62. The molecule has 3 aromatic rings. The van der Waals surface area contributed by atoms with Crippen molar-refractivity contribution in [3.63, 3.8) is 0 Å². The molecule has 1 aromatic carbocycles. The van der Waals surface area contributed by atoms with E-state index >= 15 is 0 Å². The Morgan fingerprint density at radius 3 is 2.66 bits per heavy atom. The summed E-state index contributed by atoms with van der Waals surface area (Å²) in [5, 5.41) is 9.56. The molecule has 1 saturated carbocycles. The highest BCUT2D eigenvalue weighted by molar-refractivity contribution is 7.13. The van der Waals surface area contributed by atoms with E-state index in [1.165, 1.54) is 5.56 Å². The number of hydrogen-bond acceptors (Lipinski definition) is 5. The first-order valence-electron chi connectivity index (χ1n) is 10.3. The quantitative estimate of drug-likeness (QED) is 0.665. The van der Waals surface area contributed by atoms with Gasteiger partial charge in [0.25, 0.3) is 0 Å². The van der Waals surface area contributed by atoms with E-state index in [4.69, 9.17) is 4.52 Å². The molecule has 1 amide bonds. The second kappa shape index (κ2) is 7.76. The van der Waals surface area contributed by atoms with Crippen LogP contribution in [0.1, 0.15) is 36.9 Å². The molecule has 3 heterocycles. The van der Waals surface area contributed by atoms with Gasteiger partial charge >= 0.3 is 0 Å². The van der Waals surface area contributed by atoms with Gasteiger partial charge in [-0.3, -0.25) is 9.69 Å². The molecular weight excluding hydrogens is 382 g/mol. The molecule has 0 spiro atoms. The Hall–Kier alpha value is -2.44. The number of amides is 1. The lowest BCUT2D eigenvalue weighted by atomic mass is 9.98. The third-order valence-electron chi connectivity index (χ3n) is 6.12. The number of thiophene rings is 1. The first-order chi connectivity index (χ1) is 14.2. The van der Waals surface area contributed by atoms with E-state index in [2.05, 4.69) is 45.7 Å². The van der Waals surface area contributed by atoms with Crippen LogP contribution < -0.4 is 5.32 Å². The van der Waals surface area contributed by atoms with E-state index in [-0.39, 0.29) is 11.9 Å². The minimum Gasteiger partial charge on any atom is -0.355 e. The van der Waals surface area contributed by atoms with Gasteiger partial charge in [-0.1, -0.05) is 41.6 Å². The zero-order valence-corrected chi connectivity index (χ0v) is 17.2. The van der Waals surface area contributed by atoms with E-state index in [9.17, 15) is 4.79 Å². The number of nitrogens with one attached hydrogen (secondary N) is 1. The number of nitrogens with zero attached hydrogens (tertiary/aromatic N) is 2. The lowest BCUT2D eigenvalue weighted by Crippen LogP contribution is -2.47. The Morgan fingerprint density at radius 2 is 1.97 bits per heavy atom. The summed E-state index contributed by atoms with van der Waals surface area (Å²) in [4.78, 5) is 16.6. The average molecular weight is 408 g/mol. The maximum absolute atomic E-state index is 13.1. The Balaban J connectivity index is 1.17. The minimum atomic E-state index is -0.486. The SMILES string of the molecule is O=C(NC1CCN(Cc2ccccc2)CC1)C1(c2cc(-c3cccs3)on2)CC1. The molecule has 150 valence electrons. The number of carbonyl (C=O) groups excluding carboxylic acids is 1. The van der Waals surface area contributed by atoms with Gasteiger partial charge in [0.2, 0.25) is 5.91 Å². The van der Waals surface area contributed by atoms with Crippen molar-refractivity contribution in [2.45, 2.75) is 43.7 Å². The van der Waals surface area contributed by atoms with Gasteiger partial charge in [0, 0.05) is 31.7 Å². The van der Waals surface area contributed by atoms with Crippen LogP contribution in [-0.4, -0.2) is 35.1 Å². The third kappa shape index (κ3) is 3.87. The smallest absolute Gasteiger partial charge is 0.232 e. The van der Waals surface area contributed by atoms with Gasteiger partial charge in [0.05, 0.1) is 16.0 Å². The van der Waals surface area contributed by atoms with Crippen molar-refractivity contribution in [3.05, 3.63) is 65.2 Å². The zero-order chi connectivity index (χ0) is 19.7. The molecule has 1 aliphatic carbocycles. The molecule has 2 aromatic heterocycles. The van der Waals surface area contributed by atoms with Gasteiger partial charge in [0.15, 0.2) is 5.76 Å². The van der Waals surface area contributed by atoms with Crippen LogP contribution in [0.2, 0.25) is 0 Å². The van der Waals surface area contributed by atoms with Crippen LogP contribution in [0.5, 0.6) is 0 Å². The monoisotopic (exact) mass is 407 g/mol. The number of carbonyl (C=O) groups is 1.